The monoisotopic (exact) mass is 449 g/mol. The fourth-order valence-corrected chi connectivity index (χ4v) is 3.24. The van der Waals surface area contributed by atoms with Crippen molar-refractivity contribution < 1.29 is 39.0 Å². The Balaban J connectivity index is 1.52. The number of hydrogen-bond acceptors (Lipinski definition) is 8. The molecular formula is C24H19NO8. The topological polar surface area (TPSA) is 119 Å². The van der Waals surface area contributed by atoms with Crippen LogP contribution in [0.2, 0.25) is 0 Å². The highest BCUT2D eigenvalue weighted by molar-refractivity contribution is 6.14. The van der Waals surface area contributed by atoms with Crippen LogP contribution in [0, 0.1) is 5.21 Å². The molecule has 9 nitrogen and oxygen atoms in total. The Morgan fingerprint density at radius 1 is 1.00 bits per heavy atom. The standard InChI is InChI=1S/C24H19NO8/c1-30-19-10-3-14(11-21(19)31-2)12-22-23(26)18-9-8-17(13-20(18)33-22)32-24(27)15-4-6-16(7-5-15)25(28)29/h3-13,25,28H,1-2H3. The van der Waals surface area contributed by atoms with E-state index in [4.69, 9.17) is 24.2 Å². The molecule has 0 fully saturated rings. The van der Waals surface area contributed by atoms with Crippen molar-refractivity contribution in [3.05, 3.63) is 88.3 Å². The Kier molecular flexibility index (Phi) is 6.09. The third kappa shape index (κ3) is 4.55. The second kappa shape index (κ2) is 9.13. The number of methoxy groups -OCH3 is 2. The van der Waals surface area contributed by atoms with Crippen LogP contribution in [0.5, 0.6) is 23.0 Å². The van der Waals surface area contributed by atoms with E-state index in [2.05, 4.69) is 0 Å². The van der Waals surface area contributed by atoms with E-state index < -0.39 is 11.2 Å². The van der Waals surface area contributed by atoms with Gasteiger partial charge in [-0.25, -0.2) is 10.0 Å². The molecule has 168 valence electrons. The number of rotatable bonds is 6. The van der Waals surface area contributed by atoms with Gasteiger partial charge in [0.2, 0.25) is 5.78 Å². The molecule has 4 rings (SSSR count). The van der Waals surface area contributed by atoms with Gasteiger partial charge in [0, 0.05) is 18.2 Å². The van der Waals surface area contributed by atoms with Crippen LogP contribution in [0.1, 0.15) is 26.3 Å². The number of fused-ring (bicyclic) bond motifs is 1. The Labute approximate surface area is 188 Å². The highest BCUT2D eigenvalue weighted by Crippen LogP contribution is 2.36. The lowest BCUT2D eigenvalue weighted by Crippen LogP contribution is -2.99. The number of allylic oxidation sites excluding steroid dienone is 1. The first kappa shape index (κ1) is 22.0. The lowest BCUT2D eigenvalue weighted by Gasteiger charge is -2.11. The maximum Gasteiger partial charge on any atom is 0.343 e. The van der Waals surface area contributed by atoms with Crippen LogP contribution in [-0.4, -0.2) is 31.2 Å². The molecule has 1 unspecified atom stereocenters. The summed E-state index contributed by atoms with van der Waals surface area (Å²) in [5.74, 6) is 0.662. The van der Waals surface area contributed by atoms with Crippen molar-refractivity contribution in [2.24, 2.45) is 0 Å². The summed E-state index contributed by atoms with van der Waals surface area (Å²) in [5.41, 5.74) is 1.27. The fourth-order valence-electron chi connectivity index (χ4n) is 3.24. The largest absolute Gasteiger partial charge is 0.595 e. The zero-order valence-electron chi connectivity index (χ0n) is 17.7. The minimum Gasteiger partial charge on any atom is -0.595 e. The zero-order chi connectivity index (χ0) is 23.5. The molecule has 0 saturated heterocycles. The van der Waals surface area contributed by atoms with Crippen LogP contribution in [-0.2, 0) is 0 Å². The minimum atomic E-state index is -1.09. The summed E-state index contributed by atoms with van der Waals surface area (Å²) in [4.78, 5) is 25.1. The van der Waals surface area contributed by atoms with E-state index in [0.717, 1.165) is 0 Å². The smallest absolute Gasteiger partial charge is 0.343 e. The van der Waals surface area contributed by atoms with Crippen LogP contribution in [0.15, 0.2) is 66.4 Å². The van der Waals surface area contributed by atoms with Gasteiger partial charge in [0.1, 0.15) is 11.5 Å². The van der Waals surface area contributed by atoms with Gasteiger partial charge in [-0.3, -0.25) is 4.79 Å². The van der Waals surface area contributed by atoms with E-state index in [-0.39, 0.29) is 34.3 Å². The quantitative estimate of drug-likeness (QED) is 0.255. The van der Waals surface area contributed by atoms with Gasteiger partial charge in [-0.05, 0) is 48.0 Å². The summed E-state index contributed by atoms with van der Waals surface area (Å²) >= 11 is 0. The van der Waals surface area contributed by atoms with Gasteiger partial charge in [0.15, 0.2) is 22.9 Å². The van der Waals surface area contributed by atoms with E-state index in [1.54, 1.807) is 24.3 Å². The van der Waals surface area contributed by atoms with Crippen molar-refractivity contribution in [2.45, 2.75) is 0 Å². The first-order valence-electron chi connectivity index (χ1n) is 9.75. The van der Waals surface area contributed by atoms with E-state index >= 15 is 0 Å². The van der Waals surface area contributed by atoms with Gasteiger partial charge >= 0.3 is 5.97 Å². The van der Waals surface area contributed by atoms with E-state index in [0.29, 0.717) is 22.6 Å². The summed E-state index contributed by atoms with van der Waals surface area (Å²) in [6, 6.07) is 15.0. The molecule has 1 aliphatic rings. The predicted molar refractivity (Wildman–Crippen MR) is 116 cm³/mol. The molecule has 0 amide bonds. The normalized spacial score (nSPS) is 14.4. The van der Waals surface area contributed by atoms with Crippen LogP contribution < -0.4 is 24.2 Å². The van der Waals surface area contributed by atoms with Crippen molar-refractivity contribution in [1.82, 2.24) is 0 Å². The molecular weight excluding hydrogens is 430 g/mol. The Morgan fingerprint density at radius 3 is 2.39 bits per heavy atom. The summed E-state index contributed by atoms with van der Waals surface area (Å²) < 4.78 is 21.5. The summed E-state index contributed by atoms with van der Waals surface area (Å²) in [6.45, 7) is 0. The second-order valence-corrected chi connectivity index (χ2v) is 6.98. The number of benzene rings is 3. The van der Waals surface area contributed by atoms with Crippen LogP contribution >= 0.6 is 0 Å². The lowest BCUT2D eigenvalue weighted by atomic mass is 10.1. The molecule has 0 bridgehead atoms. The number of hydrogen-bond donors (Lipinski definition) is 2. The van der Waals surface area contributed by atoms with Gasteiger partial charge in [0.05, 0.1) is 25.3 Å². The molecule has 9 heteroatoms. The van der Waals surface area contributed by atoms with Gasteiger partial charge in [0.25, 0.3) is 0 Å². The average Bonchev–Trinajstić information content (AvgIpc) is 3.13. The number of Topliss-reactive ketones (excluding diaryl/α,β-unsaturated/α-hetero) is 1. The molecule has 0 spiro atoms. The predicted octanol–water partition coefficient (Wildman–Crippen LogP) is 2.94. The van der Waals surface area contributed by atoms with Crippen LogP contribution in [0.3, 0.4) is 0 Å². The van der Waals surface area contributed by atoms with Crippen molar-refractivity contribution in [1.29, 1.82) is 0 Å². The van der Waals surface area contributed by atoms with Gasteiger partial charge in [-0.15, -0.1) is 0 Å². The maximum atomic E-state index is 12.7. The molecule has 0 saturated carbocycles. The Bertz CT molecular complexity index is 1250. The number of esters is 1. The number of carbonyl (C=O) groups is 2. The lowest BCUT2D eigenvalue weighted by molar-refractivity contribution is -0.991. The minimum absolute atomic E-state index is 0.0600. The van der Waals surface area contributed by atoms with Crippen molar-refractivity contribution in [3.63, 3.8) is 0 Å². The molecule has 2 N–H and O–H groups in total. The van der Waals surface area contributed by atoms with E-state index in [9.17, 15) is 14.8 Å². The van der Waals surface area contributed by atoms with Crippen molar-refractivity contribution >= 4 is 23.5 Å². The first-order valence-corrected chi connectivity index (χ1v) is 9.75. The summed E-state index contributed by atoms with van der Waals surface area (Å²) in [7, 11) is 3.05. The molecule has 0 aliphatic carbocycles. The fraction of sp³-hybridized carbons (Fsp3) is 0.0833. The molecule has 0 aromatic heterocycles. The average molecular weight is 449 g/mol. The SMILES string of the molecule is COc1ccc(C=C2Oc3cc(OC(=O)c4ccc([NH+]([O-])O)cc4)ccc3C2=O)cc1OC. The molecule has 1 aliphatic heterocycles. The summed E-state index contributed by atoms with van der Waals surface area (Å²) in [5, 5.41) is 18.8. The molecule has 1 atom stereocenters. The molecule has 1 heterocycles. The molecule has 33 heavy (non-hydrogen) atoms. The van der Waals surface area contributed by atoms with E-state index in [1.807, 2.05) is 0 Å². The van der Waals surface area contributed by atoms with Gasteiger partial charge in [-0.1, -0.05) is 6.07 Å². The molecule has 3 aromatic carbocycles. The van der Waals surface area contributed by atoms with Crippen molar-refractivity contribution in [2.75, 3.05) is 14.2 Å². The van der Waals surface area contributed by atoms with Gasteiger partial charge < -0.3 is 24.2 Å². The zero-order valence-corrected chi connectivity index (χ0v) is 17.7. The third-order valence-electron chi connectivity index (χ3n) is 4.92. The van der Waals surface area contributed by atoms with Crippen molar-refractivity contribution in [3.8, 4) is 23.0 Å². The number of quaternary nitrogens is 1. The highest BCUT2D eigenvalue weighted by Gasteiger charge is 2.28. The van der Waals surface area contributed by atoms with Crippen LogP contribution in [0.25, 0.3) is 6.08 Å². The highest BCUT2D eigenvalue weighted by atomic mass is 16.8. The number of nitrogens with one attached hydrogen (secondary N) is 1. The summed E-state index contributed by atoms with van der Waals surface area (Å²) in [6.07, 6.45) is 1.58. The Hall–Kier alpha value is -4.18. The second-order valence-electron chi connectivity index (χ2n) is 6.98. The maximum absolute atomic E-state index is 12.7. The number of carbonyl (C=O) groups excluding carboxylic acids is 2. The van der Waals surface area contributed by atoms with E-state index in [1.165, 1.54) is 56.7 Å². The molecule has 3 aromatic rings. The Morgan fingerprint density at radius 2 is 1.73 bits per heavy atom. The van der Waals surface area contributed by atoms with Gasteiger partial charge in [-0.2, -0.15) is 5.23 Å². The molecule has 0 radical (unpaired) electrons. The number of ketones is 1. The first-order chi connectivity index (χ1) is 15.9. The third-order valence-corrected chi connectivity index (χ3v) is 4.92. The number of ether oxygens (including phenoxy) is 4. The van der Waals surface area contributed by atoms with Crippen LogP contribution in [0.4, 0.5) is 5.69 Å².